The third-order valence-corrected chi connectivity index (χ3v) is 7.94. The molecule has 2 heterocycles. The number of nitrogens with zero attached hydrogens (tertiary/aromatic N) is 3. The summed E-state index contributed by atoms with van der Waals surface area (Å²) in [5.74, 6) is 0.852. The highest BCUT2D eigenvalue weighted by atomic mass is 32.2. The maximum Gasteiger partial charge on any atom is 0.253 e. The van der Waals surface area contributed by atoms with E-state index in [0.717, 1.165) is 56.7 Å². The normalized spacial score (nSPS) is 18.4. The minimum Gasteiger partial charge on any atom is -0.490 e. The molecule has 0 aliphatic carbocycles. The van der Waals surface area contributed by atoms with Gasteiger partial charge in [-0.05, 0) is 75.2 Å². The Hall–Kier alpha value is -2.58. The van der Waals surface area contributed by atoms with Crippen LogP contribution in [0, 0.1) is 0 Å². The molecule has 0 unspecified atom stereocenters. The first kappa shape index (κ1) is 24.5. The molecular formula is C26H35N3O4S. The second kappa shape index (κ2) is 10.4. The van der Waals surface area contributed by atoms with Crippen molar-refractivity contribution in [3.05, 3.63) is 54.1 Å². The summed E-state index contributed by atoms with van der Waals surface area (Å²) in [5.41, 5.74) is 1.65. The first-order chi connectivity index (χ1) is 16.2. The van der Waals surface area contributed by atoms with Crippen LogP contribution in [0.25, 0.3) is 0 Å². The van der Waals surface area contributed by atoms with Gasteiger partial charge in [-0.15, -0.1) is 0 Å². The van der Waals surface area contributed by atoms with Crippen molar-refractivity contribution in [1.82, 2.24) is 9.80 Å². The molecule has 2 saturated heterocycles. The van der Waals surface area contributed by atoms with Crippen molar-refractivity contribution in [2.75, 3.05) is 50.4 Å². The zero-order chi connectivity index (χ0) is 24.3. The van der Waals surface area contributed by atoms with Crippen LogP contribution in [0.5, 0.6) is 5.75 Å². The van der Waals surface area contributed by atoms with Gasteiger partial charge < -0.3 is 19.4 Å². The van der Waals surface area contributed by atoms with E-state index in [1.54, 1.807) is 12.1 Å². The van der Waals surface area contributed by atoms with E-state index < -0.39 is 9.84 Å². The number of piperazine rings is 1. The summed E-state index contributed by atoms with van der Waals surface area (Å²) in [4.78, 5) is 19.7. The van der Waals surface area contributed by atoms with Crippen molar-refractivity contribution in [2.24, 2.45) is 0 Å². The number of carbonyl (C=O) groups excluding carboxylic acids is 1. The summed E-state index contributed by atoms with van der Waals surface area (Å²) in [6, 6.07) is 15.1. The Bertz CT molecular complexity index is 1070. The molecule has 0 aromatic heterocycles. The second-order valence-corrected chi connectivity index (χ2v) is 11.5. The summed E-state index contributed by atoms with van der Waals surface area (Å²) in [7, 11) is -3.27. The molecular weight excluding hydrogens is 450 g/mol. The fourth-order valence-corrected chi connectivity index (χ4v) is 5.26. The van der Waals surface area contributed by atoms with Crippen LogP contribution in [-0.4, -0.2) is 81.8 Å². The van der Waals surface area contributed by atoms with Gasteiger partial charge in [0.1, 0.15) is 11.9 Å². The SMILES string of the molecule is CC(C)N1CCC(Oc2ccc(N3CCN(C(=O)c4ccc(S(C)(=O)=O)cc4)CC3)cc2)CC1. The Labute approximate surface area is 203 Å². The van der Waals surface area contributed by atoms with Crippen LogP contribution < -0.4 is 9.64 Å². The Morgan fingerprint density at radius 2 is 1.47 bits per heavy atom. The van der Waals surface area contributed by atoms with Gasteiger partial charge in [0.05, 0.1) is 4.90 Å². The highest BCUT2D eigenvalue weighted by Gasteiger charge is 2.24. The molecule has 2 aromatic carbocycles. The summed E-state index contributed by atoms with van der Waals surface area (Å²) >= 11 is 0. The number of rotatable bonds is 6. The van der Waals surface area contributed by atoms with Gasteiger partial charge in [-0.1, -0.05) is 0 Å². The molecule has 34 heavy (non-hydrogen) atoms. The molecule has 0 N–H and O–H groups in total. The van der Waals surface area contributed by atoms with E-state index in [-0.39, 0.29) is 16.9 Å². The predicted molar refractivity (Wildman–Crippen MR) is 134 cm³/mol. The van der Waals surface area contributed by atoms with Gasteiger partial charge in [0.2, 0.25) is 0 Å². The van der Waals surface area contributed by atoms with Gasteiger partial charge >= 0.3 is 0 Å². The fraction of sp³-hybridized carbons (Fsp3) is 0.500. The summed E-state index contributed by atoms with van der Waals surface area (Å²) in [6.07, 6.45) is 3.57. The number of anilines is 1. The lowest BCUT2D eigenvalue weighted by Gasteiger charge is -2.36. The zero-order valence-electron chi connectivity index (χ0n) is 20.3. The third-order valence-electron chi connectivity index (χ3n) is 6.81. The number of piperidine rings is 1. The number of likely N-dealkylation sites (tertiary alicyclic amines) is 1. The number of sulfone groups is 1. The third kappa shape index (κ3) is 5.91. The van der Waals surface area contributed by atoms with E-state index in [4.69, 9.17) is 4.74 Å². The van der Waals surface area contributed by atoms with Crippen molar-refractivity contribution in [1.29, 1.82) is 0 Å². The lowest BCUT2D eigenvalue weighted by molar-refractivity contribution is 0.0746. The molecule has 2 fully saturated rings. The maximum absolute atomic E-state index is 12.8. The van der Waals surface area contributed by atoms with Crippen LogP contribution in [0.4, 0.5) is 5.69 Å². The molecule has 0 atom stereocenters. The van der Waals surface area contributed by atoms with Crippen molar-refractivity contribution in [2.45, 2.75) is 43.7 Å². The first-order valence-corrected chi connectivity index (χ1v) is 13.9. The Balaban J connectivity index is 1.27. The molecule has 8 heteroatoms. The van der Waals surface area contributed by atoms with E-state index >= 15 is 0 Å². The van der Waals surface area contributed by atoms with Crippen LogP contribution >= 0.6 is 0 Å². The quantitative estimate of drug-likeness (QED) is 0.625. The van der Waals surface area contributed by atoms with Crippen LogP contribution in [0.15, 0.2) is 53.4 Å². The molecule has 4 rings (SSSR count). The number of hydrogen-bond donors (Lipinski definition) is 0. The van der Waals surface area contributed by atoms with Gasteiger partial charge in [0, 0.05) is 62.8 Å². The van der Waals surface area contributed by atoms with E-state index in [0.29, 0.717) is 24.7 Å². The average Bonchev–Trinajstić information content (AvgIpc) is 2.84. The summed E-state index contributed by atoms with van der Waals surface area (Å²) < 4.78 is 29.5. The minimum absolute atomic E-state index is 0.0630. The predicted octanol–water partition coefficient (Wildman–Crippen LogP) is 3.30. The minimum atomic E-state index is -3.27. The van der Waals surface area contributed by atoms with Gasteiger partial charge in [-0.3, -0.25) is 4.79 Å². The monoisotopic (exact) mass is 485 g/mol. The van der Waals surface area contributed by atoms with Crippen LogP contribution in [-0.2, 0) is 9.84 Å². The smallest absolute Gasteiger partial charge is 0.253 e. The van der Waals surface area contributed by atoms with Crippen molar-refractivity contribution in [3.63, 3.8) is 0 Å². The average molecular weight is 486 g/mol. The second-order valence-electron chi connectivity index (χ2n) is 9.52. The Kier molecular flexibility index (Phi) is 7.48. The Morgan fingerprint density at radius 3 is 2.00 bits per heavy atom. The molecule has 2 aliphatic heterocycles. The summed E-state index contributed by atoms with van der Waals surface area (Å²) in [6.45, 7) is 9.42. The van der Waals surface area contributed by atoms with Crippen molar-refractivity contribution < 1.29 is 17.9 Å². The van der Waals surface area contributed by atoms with E-state index in [1.807, 2.05) is 17.0 Å². The molecule has 0 radical (unpaired) electrons. The molecule has 7 nitrogen and oxygen atoms in total. The van der Waals surface area contributed by atoms with E-state index in [2.05, 4.69) is 35.8 Å². The van der Waals surface area contributed by atoms with Crippen molar-refractivity contribution >= 4 is 21.4 Å². The number of hydrogen-bond acceptors (Lipinski definition) is 6. The molecule has 0 spiro atoms. The van der Waals surface area contributed by atoms with Crippen LogP contribution in [0.3, 0.4) is 0 Å². The first-order valence-electron chi connectivity index (χ1n) is 12.1. The fourth-order valence-electron chi connectivity index (χ4n) is 4.63. The molecule has 2 aromatic rings. The topological polar surface area (TPSA) is 70.2 Å². The van der Waals surface area contributed by atoms with Gasteiger partial charge in [-0.2, -0.15) is 0 Å². The number of carbonyl (C=O) groups is 1. The molecule has 1 amide bonds. The van der Waals surface area contributed by atoms with Crippen LogP contribution in [0.2, 0.25) is 0 Å². The number of ether oxygens (including phenoxy) is 1. The lowest BCUT2D eigenvalue weighted by atomic mass is 10.1. The van der Waals surface area contributed by atoms with Gasteiger partial charge in [0.25, 0.3) is 5.91 Å². The molecule has 2 aliphatic rings. The largest absolute Gasteiger partial charge is 0.490 e. The number of benzene rings is 2. The standard InChI is InChI=1S/C26H35N3O4S/c1-20(2)27-14-12-24(13-15-27)33-23-8-6-22(7-9-23)28-16-18-29(19-17-28)26(30)21-4-10-25(11-5-21)34(3,31)32/h4-11,20,24H,12-19H2,1-3H3. The zero-order valence-corrected chi connectivity index (χ0v) is 21.1. The number of amides is 1. The Morgan fingerprint density at radius 1 is 0.882 bits per heavy atom. The highest BCUT2D eigenvalue weighted by molar-refractivity contribution is 7.90. The summed E-state index contributed by atoms with van der Waals surface area (Å²) in [5, 5.41) is 0. The van der Waals surface area contributed by atoms with Gasteiger partial charge in [-0.25, -0.2) is 8.42 Å². The van der Waals surface area contributed by atoms with Gasteiger partial charge in [0.15, 0.2) is 9.84 Å². The van der Waals surface area contributed by atoms with E-state index in [1.165, 1.54) is 12.1 Å². The van der Waals surface area contributed by atoms with E-state index in [9.17, 15) is 13.2 Å². The maximum atomic E-state index is 12.8. The van der Waals surface area contributed by atoms with Crippen molar-refractivity contribution in [3.8, 4) is 5.75 Å². The molecule has 184 valence electrons. The molecule has 0 bridgehead atoms. The molecule has 0 saturated carbocycles. The van der Waals surface area contributed by atoms with Crippen LogP contribution in [0.1, 0.15) is 37.0 Å². The highest BCUT2D eigenvalue weighted by Crippen LogP contribution is 2.24. The lowest BCUT2D eigenvalue weighted by Crippen LogP contribution is -2.48.